The van der Waals surface area contributed by atoms with Gasteiger partial charge >= 0.3 is 0 Å². The third-order valence-corrected chi connectivity index (χ3v) is 6.61. The lowest BCUT2D eigenvalue weighted by atomic mass is 9.92. The molecule has 1 fully saturated rings. The zero-order valence-electron chi connectivity index (χ0n) is 17.0. The van der Waals surface area contributed by atoms with Gasteiger partial charge in [0.1, 0.15) is 4.90 Å². The lowest BCUT2D eigenvalue weighted by Crippen LogP contribution is -2.20. The first-order valence-electron chi connectivity index (χ1n) is 9.80. The Labute approximate surface area is 163 Å². The van der Waals surface area contributed by atoms with Crippen molar-refractivity contribution in [1.29, 1.82) is 0 Å². The first-order valence-corrected chi connectivity index (χ1v) is 11.3. The zero-order valence-corrected chi connectivity index (χ0v) is 17.8. The Morgan fingerprint density at radius 1 is 1.11 bits per heavy atom. The molecule has 1 heterocycles. The Hall–Kier alpha value is -1.82. The maximum atomic E-state index is 13.2. The average Bonchev–Trinajstić information content (AvgIpc) is 3.24. The highest BCUT2D eigenvalue weighted by atomic mass is 32.2. The monoisotopic (exact) mass is 389 g/mol. The molecule has 6 heteroatoms. The molecule has 0 saturated heterocycles. The number of nitrogens with zero attached hydrogens (tertiary/aromatic N) is 2. The summed E-state index contributed by atoms with van der Waals surface area (Å²) >= 11 is 0. The molecule has 0 aliphatic heterocycles. The Morgan fingerprint density at radius 2 is 1.70 bits per heavy atom. The predicted octanol–water partition coefficient (Wildman–Crippen LogP) is 5.22. The largest absolute Gasteiger partial charge is 0.280 e. The molecule has 2 aromatic rings. The SMILES string of the molecule is CC(C)c1ccc(NS(=O)(=O)c2cn(C3CCCC3)nc2C(C)(C)C)cc1. The van der Waals surface area contributed by atoms with Crippen molar-refractivity contribution in [2.45, 2.75) is 82.6 Å². The molecule has 1 aliphatic carbocycles. The fourth-order valence-corrected chi connectivity index (χ4v) is 5.00. The van der Waals surface area contributed by atoms with Gasteiger partial charge in [-0.05, 0) is 36.5 Å². The van der Waals surface area contributed by atoms with Crippen molar-refractivity contribution in [1.82, 2.24) is 9.78 Å². The van der Waals surface area contributed by atoms with Crippen LogP contribution in [0.3, 0.4) is 0 Å². The van der Waals surface area contributed by atoms with Crippen LogP contribution in [-0.2, 0) is 15.4 Å². The van der Waals surface area contributed by atoms with E-state index in [2.05, 4.69) is 18.6 Å². The molecule has 27 heavy (non-hydrogen) atoms. The van der Waals surface area contributed by atoms with Crippen molar-refractivity contribution in [3.63, 3.8) is 0 Å². The zero-order chi connectivity index (χ0) is 19.8. The second kappa shape index (κ2) is 7.30. The smallest absolute Gasteiger partial charge is 0.265 e. The van der Waals surface area contributed by atoms with Crippen LogP contribution in [0.1, 0.15) is 83.5 Å². The van der Waals surface area contributed by atoms with E-state index in [0.717, 1.165) is 12.8 Å². The van der Waals surface area contributed by atoms with Crippen molar-refractivity contribution >= 4 is 15.7 Å². The highest BCUT2D eigenvalue weighted by molar-refractivity contribution is 7.92. The molecule has 3 rings (SSSR count). The minimum absolute atomic E-state index is 0.287. The fraction of sp³-hybridized carbons (Fsp3) is 0.571. The van der Waals surface area contributed by atoms with Gasteiger partial charge in [-0.2, -0.15) is 5.10 Å². The summed E-state index contributed by atoms with van der Waals surface area (Å²) in [4.78, 5) is 0.287. The molecule has 1 aliphatic rings. The van der Waals surface area contributed by atoms with E-state index < -0.39 is 10.0 Å². The van der Waals surface area contributed by atoms with E-state index in [9.17, 15) is 8.42 Å². The van der Waals surface area contributed by atoms with Gasteiger partial charge < -0.3 is 0 Å². The van der Waals surface area contributed by atoms with Gasteiger partial charge in [-0.15, -0.1) is 0 Å². The van der Waals surface area contributed by atoms with Crippen LogP contribution in [0.2, 0.25) is 0 Å². The van der Waals surface area contributed by atoms with E-state index in [1.165, 1.54) is 18.4 Å². The number of rotatable bonds is 5. The molecule has 0 radical (unpaired) electrons. The molecule has 148 valence electrons. The van der Waals surface area contributed by atoms with Crippen LogP contribution in [-0.4, -0.2) is 18.2 Å². The quantitative estimate of drug-likeness (QED) is 0.762. The van der Waals surface area contributed by atoms with Crippen LogP contribution in [0, 0.1) is 0 Å². The number of aromatic nitrogens is 2. The van der Waals surface area contributed by atoms with Crippen molar-refractivity contribution in [3.05, 3.63) is 41.7 Å². The molecule has 1 aromatic heterocycles. The normalized spacial score (nSPS) is 16.2. The molecular formula is C21H31N3O2S. The molecule has 1 N–H and O–H groups in total. The van der Waals surface area contributed by atoms with Crippen molar-refractivity contribution < 1.29 is 8.42 Å². The first-order chi connectivity index (χ1) is 12.6. The number of hydrogen-bond acceptors (Lipinski definition) is 3. The summed E-state index contributed by atoms with van der Waals surface area (Å²) in [6.07, 6.45) is 6.21. The fourth-order valence-electron chi connectivity index (χ4n) is 3.59. The molecule has 0 amide bonds. The summed E-state index contributed by atoms with van der Waals surface area (Å²) in [5, 5.41) is 4.71. The molecule has 0 atom stereocenters. The highest BCUT2D eigenvalue weighted by Crippen LogP contribution is 2.34. The van der Waals surface area contributed by atoms with Crippen LogP contribution in [0.5, 0.6) is 0 Å². The van der Waals surface area contributed by atoms with Gasteiger partial charge in [0.2, 0.25) is 0 Å². The summed E-state index contributed by atoms with van der Waals surface area (Å²) in [6.45, 7) is 10.2. The minimum atomic E-state index is -3.70. The number of anilines is 1. The molecule has 1 saturated carbocycles. The predicted molar refractivity (Wildman–Crippen MR) is 110 cm³/mol. The van der Waals surface area contributed by atoms with Crippen molar-refractivity contribution in [2.75, 3.05) is 4.72 Å². The molecule has 0 spiro atoms. The first kappa shape index (κ1) is 19.9. The molecular weight excluding hydrogens is 358 g/mol. The van der Waals surface area contributed by atoms with Crippen LogP contribution < -0.4 is 4.72 Å². The van der Waals surface area contributed by atoms with E-state index >= 15 is 0 Å². The third kappa shape index (κ3) is 4.37. The van der Waals surface area contributed by atoms with E-state index in [1.807, 2.05) is 49.7 Å². The van der Waals surface area contributed by atoms with E-state index in [1.54, 1.807) is 6.20 Å². The summed E-state index contributed by atoms with van der Waals surface area (Å²) in [5.74, 6) is 0.410. The van der Waals surface area contributed by atoms with E-state index in [-0.39, 0.29) is 10.3 Å². The summed E-state index contributed by atoms with van der Waals surface area (Å²) in [7, 11) is -3.70. The number of benzene rings is 1. The van der Waals surface area contributed by atoms with Gasteiger partial charge in [-0.3, -0.25) is 9.40 Å². The standard InChI is InChI=1S/C21H31N3O2S/c1-15(2)16-10-12-17(13-11-16)23-27(25,26)19-14-24(18-8-6-7-9-18)22-20(19)21(3,4)5/h10-15,18,23H,6-9H2,1-5H3. The van der Waals surface area contributed by atoms with Gasteiger partial charge in [0.25, 0.3) is 10.0 Å². The van der Waals surface area contributed by atoms with Gasteiger partial charge in [0.05, 0.1) is 11.7 Å². The minimum Gasteiger partial charge on any atom is -0.280 e. The lowest BCUT2D eigenvalue weighted by molar-refractivity contribution is 0.448. The van der Waals surface area contributed by atoms with Crippen LogP contribution >= 0.6 is 0 Å². The maximum Gasteiger partial charge on any atom is 0.265 e. The van der Waals surface area contributed by atoms with Crippen LogP contribution in [0.15, 0.2) is 35.4 Å². The lowest BCUT2D eigenvalue weighted by Gasteiger charge is -2.18. The van der Waals surface area contributed by atoms with E-state index in [4.69, 9.17) is 5.10 Å². The number of hydrogen-bond donors (Lipinski definition) is 1. The number of nitrogens with one attached hydrogen (secondary N) is 1. The van der Waals surface area contributed by atoms with E-state index in [0.29, 0.717) is 23.3 Å². The Morgan fingerprint density at radius 3 is 2.22 bits per heavy atom. The van der Waals surface area contributed by atoms with Gasteiger partial charge in [-0.25, -0.2) is 8.42 Å². The second-order valence-corrected chi connectivity index (χ2v) is 10.5. The van der Waals surface area contributed by atoms with Gasteiger partial charge in [0.15, 0.2) is 0 Å². The Bertz CT molecular complexity index is 884. The molecule has 1 aromatic carbocycles. The van der Waals surface area contributed by atoms with Crippen molar-refractivity contribution in [2.24, 2.45) is 0 Å². The summed E-state index contributed by atoms with van der Waals surface area (Å²) < 4.78 is 30.9. The Balaban J connectivity index is 1.94. The van der Waals surface area contributed by atoms with Gasteiger partial charge in [0, 0.05) is 17.3 Å². The second-order valence-electron chi connectivity index (χ2n) is 8.89. The average molecular weight is 390 g/mol. The third-order valence-electron chi connectivity index (χ3n) is 5.23. The summed E-state index contributed by atoms with van der Waals surface area (Å²) in [6, 6.07) is 7.89. The Kier molecular flexibility index (Phi) is 5.39. The van der Waals surface area contributed by atoms with Crippen LogP contribution in [0.4, 0.5) is 5.69 Å². The van der Waals surface area contributed by atoms with Crippen LogP contribution in [0.25, 0.3) is 0 Å². The molecule has 5 nitrogen and oxygen atoms in total. The maximum absolute atomic E-state index is 13.2. The molecule has 0 unspecified atom stereocenters. The van der Waals surface area contributed by atoms with Crippen molar-refractivity contribution in [3.8, 4) is 0 Å². The number of sulfonamides is 1. The topological polar surface area (TPSA) is 64.0 Å². The van der Waals surface area contributed by atoms with Gasteiger partial charge in [-0.1, -0.05) is 59.6 Å². The molecule has 0 bridgehead atoms. The summed E-state index contributed by atoms with van der Waals surface area (Å²) in [5.41, 5.74) is 2.03. The highest BCUT2D eigenvalue weighted by Gasteiger charge is 2.32.